The van der Waals surface area contributed by atoms with Gasteiger partial charge in [-0.3, -0.25) is 4.79 Å². The summed E-state index contributed by atoms with van der Waals surface area (Å²) in [5.41, 5.74) is 3.09. The van der Waals surface area contributed by atoms with Crippen LogP contribution in [-0.2, 0) is 28.0 Å². The molecule has 0 aromatic heterocycles. The van der Waals surface area contributed by atoms with E-state index in [4.69, 9.17) is 16.3 Å². The van der Waals surface area contributed by atoms with Crippen LogP contribution < -0.4 is 5.32 Å². The number of halogens is 1. The highest BCUT2D eigenvalue weighted by molar-refractivity contribution is 6.30. The van der Waals surface area contributed by atoms with Crippen LogP contribution >= 0.6 is 11.6 Å². The molecule has 130 valence electrons. The fraction of sp³-hybridized carbons (Fsp3) is 0.381. The Balaban J connectivity index is 1.40. The van der Waals surface area contributed by atoms with Gasteiger partial charge in [0.15, 0.2) is 0 Å². The number of Topliss-reactive ketones (excluding diaryl/α,β-unsaturated/α-hetero) is 1. The summed E-state index contributed by atoms with van der Waals surface area (Å²) in [6, 6.07) is 16.4. The number of ether oxygens (including phenoxy) is 1. The third-order valence-corrected chi connectivity index (χ3v) is 5.58. The van der Waals surface area contributed by atoms with Crippen LogP contribution in [0.5, 0.6) is 0 Å². The third kappa shape index (κ3) is 3.64. The zero-order valence-electron chi connectivity index (χ0n) is 14.1. The van der Waals surface area contributed by atoms with Crippen molar-refractivity contribution in [1.29, 1.82) is 0 Å². The monoisotopic (exact) mass is 355 g/mol. The molecule has 3 saturated heterocycles. The van der Waals surface area contributed by atoms with Crippen molar-refractivity contribution < 1.29 is 9.53 Å². The molecule has 0 spiro atoms. The van der Waals surface area contributed by atoms with Crippen LogP contribution in [0, 0.1) is 0 Å². The van der Waals surface area contributed by atoms with Gasteiger partial charge >= 0.3 is 0 Å². The molecule has 1 N–H and O–H groups in total. The molecule has 3 aliphatic rings. The Kier molecular flexibility index (Phi) is 4.63. The summed E-state index contributed by atoms with van der Waals surface area (Å²) in [5.74, 6) is 0.212. The molecule has 0 aliphatic carbocycles. The van der Waals surface area contributed by atoms with E-state index in [0.717, 1.165) is 30.7 Å². The summed E-state index contributed by atoms with van der Waals surface area (Å²) < 4.78 is 6.12. The molecule has 4 heteroatoms. The molecule has 0 radical (unpaired) electrons. The molecular formula is C21H22ClNO2. The van der Waals surface area contributed by atoms with Crippen LogP contribution in [0.3, 0.4) is 0 Å². The number of hydrogen-bond donors (Lipinski definition) is 1. The Morgan fingerprint density at radius 2 is 1.72 bits per heavy atom. The van der Waals surface area contributed by atoms with E-state index in [1.165, 1.54) is 12.0 Å². The van der Waals surface area contributed by atoms with Crippen LogP contribution in [0.15, 0.2) is 48.5 Å². The summed E-state index contributed by atoms with van der Waals surface area (Å²) in [6.45, 7) is 1.67. The lowest BCUT2D eigenvalue weighted by atomic mass is 9.81. The Hall–Kier alpha value is -1.68. The molecule has 0 amide bonds. The van der Waals surface area contributed by atoms with Gasteiger partial charge in [0.1, 0.15) is 11.4 Å². The van der Waals surface area contributed by atoms with E-state index in [2.05, 4.69) is 29.6 Å². The van der Waals surface area contributed by atoms with Crippen LogP contribution in [0.2, 0.25) is 5.02 Å². The summed E-state index contributed by atoms with van der Waals surface area (Å²) >= 11 is 5.88. The number of piperidine rings is 1. The van der Waals surface area contributed by atoms with Crippen LogP contribution in [0.1, 0.15) is 29.5 Å². The average Bonchev–Trinajstić information content (AvgIpc) is 2.66. The van der Waals surface area contributed by atoms with Gasteiger partial charge < -0.3 is 10.1 Å². The first-order chi connectivity index (χ1) is 12.1. The van der Waals surface area contributed by atoms with Crippen LogP contribution in [0.25, 0.3) is 0 Å². The first-order valence-corrected chi connectivity index (χ1v) is 9.24. The Morgan fingerprint density at radius 3 is 2.24 bits per heavy atom. The number of fused-ring (bicyclic) bond motifs is 3. The normalized spacial score (nSPS) is 25.1. The number of carbonyl (C=O) groups excluding carboxylic acids is 1. The Labute approximate surface area is 153 Å². The van der Waals surface area contributed by atoms with E-state index in [9.17, 15) is 4.79 Å². The fourth-order valence-corrected chi connectivity index (χ4v) is 3.93. The van der Waals surface area contributed by atoms with Gasteiger partial charge in [-0.25, -0.2) is 0 Å². The number of morpholine rings is 1. The molecule has 25 heavy (non-hydrogen) atoms. The molecule has 3 fully saturated rings. The Bertz CT molecular complexity index is 733. The average molecular weight is 356 g/mol. The first-order valence-electron chi connectivity index (χ1n) is 8.86. The molecule has 0 saturated carbocycles. The lowest BCUT2D eigenvalue weighted by Gasteiger charge is -2.47. The molecule has 2 unspecified atom stereocenters. The topological polar surface area (TPSA) is 38.3 Å². The van der Waals surface area contributed by atoms with Crippen LogP contribution in [0.4, 0.5) is 0 Å². The minimum absolute atomic E-state index is 0.180. The molecule has 2 aromatic rings. The SMILES string of the molecule is O=C(Cc1ccc(Cl)cc1)Cc1ccc(C23CCC(CO2)NC3)cc1. The van der Waals surface area contributed by atoms with E-state index >= 15 is 0 Å². The van der Waals surface area contributed by atoms with Gasteiger partial charge in [0.2, 0.25) is 0 Å². The van der Waals surface area contributed by atoms with E-state index in [-0.39, 0.29) is 11.4 Å². The van der Waals surface area contributed by atoms with Gasteiger partial charge in [0.05, 0.1) is 6.61 Å². The predicted molar refractivity (Wildman–Crippen MR) is 99.0 cm³/mol. The summed E-state index contributed by atoms with van der Waals surface area (Å²) in [4.78, 5) is 12.3. The number of rotatable bonds is 5. The maximum atomic E-state index is 12.3. The highest BCUT2D eigenvalue weighted by Crippen LogP contribution is 2.38. The van der Waals surface area contributed by atoms with Crippen molar-refractivity contribution in [3.63, 3.8) is 0 Å². The standard InChI is InChI=1S/C21H22ClNO2/c22-18-7-3-16(4-8-18)12-20(24)11-15-1-5-17(6-2-15)21-10-9-19(13-25-21)23-14-21/h1-8,19,23H,9-14H2. The molecule has 2 bridgehead atoms. The van der Waals surface area contributed by atoms with E-state index in [1.54, 1.807) is 0 Å². The zero-order valence-corrected chi connectivity index (χ0v) is 14.9. The number of hydrogen-bond acceptors (Lipinski definition) is 3. The quantitative estimate of drug-likeness (QED) is 0.889. The van der Waals surface area contributed by atoms with Gasteiger partial charge in [-0.15, -0.1) is 0 Å². The number of carbonyl (C=O) groups is 1. The summed E-state index contributed by atoms with van der Waals surface area (Å²) in [6.07, 6.45) is 3.13. The highest BCUT2D eigenvalue weighted by atomic mass is 35.5. The molecule has 3 aliphatic heterocycles. The van der Waals surface area contributed by atoms with Crippen molar-refractivity contribution in [3.8, 4) is 0 Å². The summed E-state index contributed by atoms with van der Waals surface area (Å²) in [7, 11) is 0. The fourth-order valence-electron chi connectivity index (χ4n) is 3.81. The minimum atomic E-state index is -0.180. The van der Waals surface area contributed by atoms with Crippen molar-refractivity contribution in [2.24, 2.45) is 0 Å². The van der Waals surface area contributed by atoms with Crippen molar-refractivity contribution in [3.05, 3.63) is 70.2 Å². The van der Waals surface area contributed by atoms with Crippen LogP contribution in [-0.4, -0.2) is 25.0 Å². The molecular weight excluding hydrogens is 334 g/mol. The maximum Gasteiger partial charge on any atom is 0.141 e. The number of ketones is 1. The van der Waals surface area contributed by atoms with Crippen molar-refractivity contribution >= 4 is 17.4 Å². The predicted octanol–water partition coefficient (Wildman–Crippen LogP) is 3.67. The largest absolute Gasteiger partial charge is 0.367 e. The number of nitrogens with one attached hydrogen (secondary N) is 1. The van der Waals surface area contributed by atoms with Gasteiger partial charge in [-0.2, -0.15) is 0 Å². The second-order valence-corrected chi connectivity index (χ2v) is 7.57. The zero-order chi connectivity index (χ0) is 17.3. The highest BCUT2D eigenvalue weighted by Gasteiger charge is 2.42. The number of benzene rings is 2. The lowest BCUT2D eigenvalue weighted by molar-refractivity contribution is -0.129. The molecule has 2 atom stereocenters. The van der Waals surface area contributed by atoms with E-state index < -0.39 is 0 Å². The van der Waals surface area contributed by atoms with Gasteiger partial charge in [0, 0.05) is 30.5 Å². The Morgan fingerprint density at radius 1 is 1.08 bits per heavy atom. The molecule has 3 nitrogen and oxygen atoms in total. The van der Waals surface area contributed by atoms with Crippen molar-refractivity contribution in [2.45, 2.75) is 37.3 Å². The van der Waals surface area contributed by atoms with Gasteiger partial charge in [-0.1, -0.05) is 48.0 Å². The van der Waals surface area contributed by atoms with Gasteiger partial charge in [0.25, 0.3) is 0 Å². The lowest BCUT2D eigenvalue weighted by Crippen LogP contribution is -2.57. The molecule has 5 rings (SSSR count). The smallest absolute Gasteiger partial charge is 0.141 e. The van der Waals surface area contributed by atoms with Crippen molar-refractivity contribution in [1.82, 2.24) is 5.32 Å². The minimum Gasteiger partial charge on any atom is -0.367 e. The maximum absolute atomic E-state index is 12.3. The second-order valence-electron chi connectivity index (χ2n) is 7.14. The van der Waals surface area contributed by atoms with E-state index in [1.807, 2.05) is 24.3 Å². The third-order valence-electron chi connectivity index (χ3n) is 5.33. The first kappa shape index (κ1) is 16.8. The molecule has 2 aromatic carbocycles. The molecule has 3 heterocycles. The van der Waals surface area contributed by atoms with Gasteiger partial charge in [-0.05, 0) is 41.7 Å². The summed E-state index contributed by atoms with van der Waals surface area (Å²) in [5, 5.41) is 4.24. The van der Waals surface area contributed by atoms with E-state index in [0.29, 0.717) is 23.9 Å². The van der Waals surface area contributed by atoms with Crippen molar-refractivity contribution in [2.75, 3.05) is 13.2 Å². The second kappa shape index (κ2) is 6.91.